The molecule has 2 amide bonds. The van der Waals surface area contributed by atoms with Crippen molar-refractivity contribution < 1.29 is 24.2 Å². The maximum absolute atomic E-state index is 12.9. The number of carbonyl (C=O) groups is 3. The number of carboxylic acids is 1. The summed E-state index contributed by atoms with van der Waals surface area (Å²) in [6.07, 6.45) is -0.681. The van der Waals surface area contributed by atoms with Crippen molar-refractivity contribution in [3.05, 3.63) is 71.4 Å². The largest absolute Gasteiger partial charge is 0.480 e. The molecule has 2 aliphatic rings. The third-order valence-electron chi connectivity index (χ3n) is 6.10. The highest BCUT2D eigenvalue weighted by atomic mass is 32.2. The number of benzene rings is 2. The van der Waals surface area contributed by atoms with Crippen molar-refractivity contribution in [1.82, 2.24) is 14.7 Å². The van der Waals surface area contributed by atoms with Gasteiger partial charge in [0.25, 0.3) is 5.91 Å². The van der Waals surface area contributed by atoms with Crippen molar-refractivity contribution in [3.8, 4) is 11.1 Å². The number of aryl methyl sites for hydroxylation is 1. The standard InChI is InChI=1S/C24H22N4O5S/c1-27-19(22(29)28-13-34-12-20(28)23(30)31)10-21(26-27)25-24(32)33-11-18-16-8-4-2-6-14(16)15-7-3-5-9-17(15)18/h2-10,18,20H,11-13H2,1H3,(H,30,31)(H,25,26,32)/t20-/m0/s1. The Morgan fingerprint density at radius 3 is 2.41 bits per heavy atom. The molecule has 2 N–H and O–H groups in total. The topological polar surface area (TPSA) is 114 Å². The molecule has 174 valence electrons. The summed E-state index contributed by atoms with van der Waals surface area (Å²) in [5.41, 5.74) is 4.68. The minimum absolute atomic E-state index is 0.0698. The molecule has 0 unspecified atom stereocenters. The summed E-state index contributed by atoms with van der Waals surface area (Å²) in [5, 5.41) is 16.1. The van der Waals surface area contributed by atoms with Crippen LogP contribution in [0.4, 0.5) is 10.6 Å². The molecule has 9 nitrogen and oxygen atoms in total. The van der Waals surface area contributed by atoms with Crippen molar-refractivity contribution in [3.63, 3.8) is 0 Å². The fourth-order valence-electron chi connectivity index (χ4n) is 4.46. The van der Waals surface area contributed by atoms with Gasteiger partial charge in [-0.1, -0.05) is 48.5 Å². The van der Waals surface area contributed by atoms with E-state index in [2.05, 4.69) is 22.5 Å². The van der Waals surface area contributed by atoms with Gasteiger partial charge in [-0.2, -0.15) is 5.10 Å². The van der Waals surface area contributed by atoms with Crippen LogP contribution in [0.3, 0.4) is 0 Å². The number of aromatic nitrogens is 2. The highest BCUT2D eigenvalue weighted by Crippen LogP contribution is 2.44. The summed E-state index contributed by atoms with van der Waals surface area (Å²) in [4.78, 5) is 38.1. The van der Waals surface area contributed by atoms with E-state index in [4.69, 9.17) is 4.74 Å². The number of carbonyl (C=O) groups excluding carboxylic acids is 2. The minimum Gasteiger partial charge on any atom is -0.480 e. The molecule has 0 saturated carbocycles. The Balaban J connectivity index is 1.26. The number of thioether (sulfide) groups is 1. The first-order chi connectivity index (χ1) is 16.4. The van der Waals surface area contributed by atoms with Gasteiger partial charge in [0.15, 0.2) is 5.82 Å². The summed E-state index contributed by atoms with van der Waals surface area (Å²) in [6.45, 7) is 0.157. The van der Waals surface area contributed by atoms with Crippen LogP contribution in [0.1, 0.15) is 27.5 Å². The van der Waals surface area contributed by atoms with Gasteiger partial charge >= 0.3 is 12.1 Å². The van der Waals surface area contributed by atoms with E-state index in [0.717, 1.165) is 22.3 Å². The number of fused-ring (bicyclic) bond motifs is 3. The lowest BCUT2D eigenvalue weighted by Gasteiger charge is -2.20. The molecule has 2 heterocycles. The highest BCUT2D eigenvalue weighted by molar-refractivity contribution is 7.99. The summed E-state index contributed by atoms with van der Waals surface area (Å²) in [7, 11) is 1.56. The quantitative estimate of drug-likeness (QED) is 0.578. The molecule has 1 aromatic heterocycles. The van der Waals surface area contributed by atoms with E-state index in [1.165, 1.54) is 27.4 Å². The molecule has 3 aromatic rings. The molecular formula is C24H22N4O5S. The number of ether oxygens (including phenoxy) is 1. The maximum atomic E-state index is 12.9. The minimum atomic E-state index is -1.04. The fourth-order valence-corrected chi connectivity index (χ4v) is 5.61. The van der Waals surface area contributed by atoms with Gasteiger partial charge < -0.3 is 14.7 Å². The molecule has 0 spiro atoms. The average Bonchev–Trinajstić information content (AvgIpc) is 3.53. The summed E-state index contributed by atoms with van der Waals surface area (Å²) < 4.78 is 6.85. The second kappa shape index (κ2) is 8.86. The highest BCUT2D eigenvalue weighted by Gasteiger charge is 2.36. The SMILES string of the molecule is Cn1nc(NC(=O)OCC2c3ccccc3-c3ccccc32)cc1C(=O)N1CSC[C@H]1C(=O)O. The molecule has 5 rings (SSSR count). The molecule has 1 saturated heterocycles. The first-order valence-electron chi connectivity index (χ1n) is 10.7. The van der Waals surface area contributed by atoms with Crippen LogP contribution in [0.2, 0.25) is 0 Å². The van der Waals surface area contributed by atoms with Crippen LogP contribution in [0.25, 0.3) is 11.1 Å². The molecule has 10 heteroatoms. The molecule has 1 fully saturated rings. The first-order valence-corrected chi connectivity index (χ1v) is 11.9. The zero-order valence-corrected chi connectivity index (χ0v) is 19.1. The molecular weight excluding hydrogens is 456 g/mol. The summed E-state index contributed by atoms with van der Waals surface area (Å²) in [5.74, 6) is -0.785. The molecule has 1 aliphatic carbocycles. The van der Waals surface area contributed by atoms with E-state index in [9.17, 15) is 19.5 Å². The molecule has 34 heavy (non-hydrogen) atoms. The lowest BCUT2D eigenvalue weighted by Crippen LogP contribution is -2.42. The zero-order valence-electron chi connectivity index (χ0n) is 18.3. The monoisotopic (exact) mass is 478 g/mol. The van der Waals surface area contributed by atoms with E-state index in [1.807, 2.05) is 36.4 Å². The van der Waals surface area contributed by atoms with Gasteiger partial charge in [-0.15, -0.1) is 11.8 Å². The van der Waals surface area contributed by atoms with Crippen molar-refractivity contribution in [2.24, 2.45) is 7.05 Å². The molecule has 0 radical (unpaired) electrons. The van der Waals surface area contributed by atoms with Gasteiger partial charge in [0.1, 0.15) is 18.3 Å². The van der Waals surface area contributed by atoms with Crippen molar-refractivity contribution in [2.45, 2.75) is 12.0 Å². The van der Waals surface area contributed by atoms with Crippen molar-refractivity contribution in [2.75, 3.05) is 23.6 Å². The zero-order chi connectivity index (χ0) is 23.8. The number of rotatable bonds is 5. The van der Waals surface area contributed by atoms with Crippen LogP contribution < -0.4 is 5.32 Å². The van der Waals surface area contributed by atoms with E-state index in [0.29, 0.717) is 5.75 Å². The number of carboxylic acid groups (broad SMARTS) is 1. The van der Waals surface area contributed by atoms with Crippen LogP contribution in [0.15, 0.2) is 54.6 Å². The Bertz CT molecular complexity index is 1240. The lowest BCUT2D eigenvalue weighted by molar-refractivity contribution is -0.140. The van der Waals surface area contributed by atoms with E-state index < -0.39 is 24.0 Å². The average molecular weight is 479 g/mol. The Morgan fingerprint density at radius 2 is 1.76 bits per heavy atom. The Labute approximate surface area is 199 Å². The molecule has 0 bridgehead atoms. The van der Waals surface area contributed by atoms with E-state index in [1.54, 1.807) is 7.05 Å². The Hall–Kier alpha value is -3.79. The number of amides is 2. The smallest absolute Gasteiger partial charge is 0.412 e. The Kier molecular flexibility index (Phi) is 5.74. The van der Waals surface area contributed by atoms with Crippen LogP contribution in [0.5, 0.6) is 0 Å². The van der Waals surface area contributed by atoms with E-state index in [-0.39, 0.29) is 29.9 Å². The predicted molar refractivity (Wildman–Crippen MR) is 127 cm³/mol. The number of nitrogens with one attached hydrogen (secondary N) is 1. The first kappa shape index (κ1) is 22.0. The molecule has 2 aromatic carbocycles. The number of aliphatic carboxylic acids is 1. The van der Waals surface area contributed by atoms with Gasteiger partial charge in [0.2, 0.25) is 0 Å². The van der Waals surface area contributed by atoms with Crippen molar-refractivity contribution >= 4 is 35.5 Å². The molecule has 1 aliphatic heterocycles. The molecule has 1 atom stereocenters. The lowest BCUT2D eigenvalue weighted by atomic mass is 9.98. The van der Waals surface area contributed by atoms with E-state index >= 15 is 0 Å². The second-order valence-electron chi connectivity index (χ2n) is 8.12. The van der Waals surface area contributed by atoms with Gasteiger partial charge in [0.05, 0.1) is 5.88 Å². The number of hydrogen-bond acceptors (Lipinski definition) is 6. The number of nitrogens with zero attached hydrogens (tertiary/aromatic N) is 3. The fraction of sp³-hybridized carbons (Fsp3) is 0.250. The van der Waals surface area contributed by atoms with Gasteiger partial charge in [0, 0.05) is 24.8 Å². The van der Waals surface area contributed by atoms with Crippen LogP contribution >= 0.6 is 11.8 Å². The maximum Gasteiger partial charge on any atom is 0.412 e. The van der Waals surface area contributed by atoms with Gasteiger partial charge in [-0.05, 0) is 22.3 Å². The van der Waals surface area contributed by atoms with Crippen LogP contribution in [-0.2, 0) is 16.6 Å². The summed E-state index contributed by atoms with van der Waals surface area (Å²) >= 11 is 1.38. The summed E-state index contributed by atoms with van der Waals surface area (Å²) in [6, 6.07) is 16.7. The second-order valence-corrected chi connectivity index (χ2v) is 9.12. The third kappa shape index (κ3) is 3.90. The third-order valence-corrected chi connectivity index (χ3v) is 7.11. The number of hydrogen-bond donors (Lipinski definition) is 2. The Morgan fingerprint density at radius 1 is 1.12 bits per heavy atom. The normalized spacial score (nSPS) is 16.7. The van der Waals surface area contributed by atoms with Crippen molar-refractivity contribution in [1.29, 1.82) is 0 Å². The van der Waals surface area contributed by atoms with Gasteiger partial charge in [-0.25, -0.2) is 9.59 Å². The van der Waals surface area contributed by atoms with Crippen LogP contribution in [-0.4, -0.2) is 62.0 Å². The number of anilines is 1. The van der Waals surface area contributed by atoms with Gasteiger partial charge in [-0.3, -0.25) is 14.8 Å². The van der Waals surface area contributed by atoms with Crippen LogP contribution in [0, 0.1) is 0 Å². The predicted octanol–water partition coefficient (Wildman–Crippen LogP) is 3.38.